The standard InChI is InChI=1S/C18H14ClNO5/c1-10-6-2-3-7-11(10)16(22)24-18-15(14(19)17(23)25-18)20-12-8-4-5-9-13(12)21/h2-9,18,20-21H,1H3/t18-/m0/s1. The molecule has 0 saturated carbocycles. The van der Waals surface area contributed by atoms with E-state index in [0.717, 1.165) is 5.56 Å². The van der Waals surface area contributed by atoms with Crippen LogP contribution in [0.3, 0.4) is 0 Å². The fraction of sp³-hybridized carbons (Fsp3) is 0.111. The van der Waals surface area contributed by atoms with Gasteiger partial charge in [0.1, 0.15) is 11.4 Å². The summed E-state index contributed by atoms with van der Waals surface area (Å²) in [6.07, 6.45) is -1.33. The van der Waals surface area contributed by atoms with E-state index in [1.807, 2.05) is 0 Å². The molecule has 3 rings (SSSR count). The minimum Gasteiger partial charge on any atom is -0.506 e. The number of cyclic esters (lactones) is 1. The van der Waals surface area contributed by atoms with Crippen LogP contribution in [0.5, 0.6) is 5.75 Å². The highest BCUT2D eigenvalue weighted by atomic mass is 35.5. The number of hydrogen-bond donors (Lipinski definition) is 2. The predicted molar refractivity (Wildman–Crippen MR) is 91.1 cm³/mol. The third-order valence-electron chi connectivity index (χ3n) is 3.62. The molecule has 0 aliphatic carbocycles. The van der Waals surface area contributed by atoms with E-state index >= 15 is 0 Å². The number of para-hydroxylation sites is 2. The summed E-state index contributed by atoms with van der Waals surface area (Å²) in [6, 6.07) is 13.2. The van der Waals surface area contributed by atoms with E-state index in [2.05, 4.69) is 5.32 Å². The zero-order valence-corrected chi connectivity index (χ0v) is 13.9. The van der Waals surface area contributed by atoms with E-state index in [4.69, 9.17) is 21.1 Å². The number of phenols is 1. The monoisotopic (exact) mass is 359 g/mol. The maximum absolute atomic E-state index is 12.3. The summed E-state index contributed by atoms with van der Waals surface area (Å²) in [7, 11) is 0. The minimum absolute atomic E-state index is 0.0510. The van der Waals surface area contributed by atoms with Crippen LogP contribution in [0.4, 0.5) is 5.69 Å². The van der Waals surface area contributed by atoms with Crippen molar-refractivity contribution in [2.45, 2.75) is 13.2 Å². The highest BCUT2D eigenvalue weighted by Crippen LogP contribution is 2.31. The summed E-state index contributed by atoms with van der Waals surface area (Å²) in [5.74, 6) is -1.52. The number of aromatic hydroxyl groups is 1. The molecule has 1 aliphatic heterocycles. The second kappa shape index (κ2) is 6.86. The number of phenolic OH excluding ortho intramolecular Hbond substituents is 1. The van der Waals surface area contributed by atoms with Gasteiger partial charge >= 0.3 is 11.9 Å². The van der Waals surface area contributed by atoms with Crippen LogP contribution >= 0.6 is 11.6 Å². The number of nitrogens with one attached hydrogen (secondary N) is 1. The van der Waals surface area contributed by atoms with E-state index < -0.39 is 18.2 Å². The molecule has 1 heterocycles. The van der Waals surface area contributed by atoms with E-state index in [9.17, 15) is 14.7 Å². The van der Waals surface area contributed by atoms with Gasteiger partial charge in [0.15, 0.2) is 5.03 Å². The molecule has 0 saturated heterocycles. The molecule has 2 aromatic rings. The molecule has 25 heavy (non-hydrogen) atoms. The van der Waals surface area contributed by atoms with Gasteiger partial charge in [-0.1, -0.05) is 41.9 Å². The zero-order valence-electron chi connectivity index (χ0n) is 13.2. The summed E-state index contributed by atoms with van der Waals surface area (Å²) in [6.45, 7) is 1.77. The van der Waals surface area contributed by atoms with Crippen molar-refractivity contribution in [3.05, 3.63) is 70.4 Å². The van der Waals surface area contributed by atoms with Crippen LogP contribution in [0, 0.1) is 6.92 Å². The number of halogens is 1. The summed E-state index contributed by atoms with van der Waals surface area (Å²) >= 11 is 5.96. The first-order valence-corrected chi connectivity index (χ1v) is 7.77. The van der Waals surface area contributed by atoms with Crippen molar-refractivity contribution in [3.8, 4) is 5.75 Å². The van der Waals surface area contributed by atoms with E-state index in [1.54, 1.807) is 49.4 Å². The lowest BCUT2D eigenvalue weighted by Gasteiger charge is -2.17. The molecular weight excluding hydrogens is 346 g/mol. The largest absolute Gasteiger partial charge is 0.506 e. The number of esters is 2. The average molecular weight is 360 g/mol. The van der Waals surface area contributed by atoms with Crippen LogP contribution in [0.15, 0.2) is 59.3 Å². The van der Waals surface area contributed by atoms with Gasteiger partial charge in [-0.3, -0.25) is 0 Å². The Labute approximate surface area is 148 Å². The quantitative estimate of drug-likeness (QED) is 0.643. The molecule has 0 aromatic heterocycles. The van der Waals surface area contributed by atoms with E-state index in [0.29, 0.717) is 11.3 Å². The number of benzene rings is 2. The number of carbonyl (C=O) groups is 2. The van der Waals surface area contributed by atoms with Gasteiger partial charge in [-0.2, -0.15) is 0 Å². The number of anilines is 1. The Morgan fingerprint density at radius 1 is 1.20 bits per heavy atom. The molecule has 0 bridgehead atoms. The summed E-state index contributed by atoms with van der Waals surface area (Å²) in [5, 5.41) is 12.4. The molecule has 0 radical (unpaired) electrons. The number of ether oxygens (including phenoxy) is 2. The van der Waals surface area contributed by atoms with Crippen molar-refractivity contribution in [1.82, 2.24) is 0 Å². The molecule has 1 aliphatic rings. The van der Waals surface area contributed by atoms with Gasteiger partial charge in [0, 0.05) is 0 Å². The molecule has 0 amide bonds. The first-order valence-electron chi connectivity index (χ1n) is 7.39. The zero-order chi connectivity index (χ0) is 18.0. The SMILES string of the molecule is Cc1ccccc1C(=O)O[C@H]1OC(=O)C(Cl)=C1Nc1ccccc1O. The van der Waals surface area contributed by atoms with Crippen molar-refractivity contribution in [1.29, 1.82) is 0 Å². The van der Waals surface area contributed by atoms with Gasteiger partial charge in [0.2, 0.25) is 0 Å². The highest BCUT2D eigenvalue weighted by Gasteiger charge is 2.37. The third kappa shape index (κ3) is 3.44. The summed E-state index contributed by atoms with van der Waals surface area (Å²) in [4.78, 5) is 24.1. The lowest BCUT2D eigenvalue weighted by Crippen LogP contribution is -2.24. The van der Waals surface area contributed by atoms with Crippen molar-refractivity contribution in [3.63, 3.8) is 0 Å². The first kappa shape index (κ1) is 16.9. The molecular formula is C18H14ClNO5. The normalized spacial score (nSPS) is 16.6. The number of rotatable bonds is 4. The molecule has 6 nitrogen and oxygen atoms in total. The molecule has 128 valence electrons. The van der Waals surface area contributed by atoms with Gasteiger partial charge in [-0.25, -0.2) is 9.59 Å². The maximum atomic E-state index is 12.3. The second-order valence-electron chi connectivity index (χ2n) is 5.33. The van der Waals surface area contributed by atoms with Crippen LogP contribution in [0.2, 0.25) is 0 Å². The summed E-state index contributed by atoms with van der Waals surface area (Å²) in [5.41, 5.74) is 1.42. The molecule has 1 atom stereocenters. The minimum atomic E-state index is -1.33. The Morgan fingerprint density at radius 2 is 1.88 bits per heavy atom. The van der Waals surface area contributed by atoms with Gasteiger partial charge in [-0.15, -0.1) is 0 Å². The topological polar surface area (TPSA) is 84.9 Å². The molecule has 0 unspecified atom stereocenters. The fourth-order valence-electron chi connectivity index (χ4n) is 2.31. The van der Waals surface area contributed by atoms with Gasteiger partial charge in [-0.05, 0) is 30.7 Å². The molecule has 0 fully saturated rings. The Hall–Kier alpha value is -2.99. The summed E-state index contributed by atoms with van der Waals surface area (Å²) < 4.78 is 10.3. The van der Waals surface area contributed by atoms with Crippen molar-refractivity contribution in [2.75, 3.05) is 5.32 Å². The number of hydrogen-bond acceptors (Lipinski definition) is 6. The Balaban J connectivity index is 1.84. The molecule has 7 heteroatoms. The van der Waals surface area contributed by atoms with E-state index in [-0.39, 0.29) is 16.5 Å². The van der Waals surface area contributed by atoms with Crippen molar-refractivity contribution < 1.29 is 24.2 Å². The third-order valence-corrected chi connectivity index (χ3v) is 3.98. The van der Waals surface area contributed by atoms with Crippen LogP contribution in [-0.4, -0.2) is 23.3 Å². The average Bonchev–Trinajstić information content (AvgIpc) is 2.84. The van der Waals surface area contributed by atoms with Gasteiger partial charge in [0.25, 0.3) is 6.29 Å². The van der Waals surface area contributed by atoms with Gasteiger partial charge < -0.3 is 19.9 Å². The van der Waals surface area contributed by atoms with Crippen molar-refractivity contribution in [2.24, 2.45) is 0 Å². The number of aryl methyl sites for hydroxylation is 1. The van der Waals surface area contributed by atoms with E-state index in [1.165, 1.54) is 6.07 Å². The highest BCUT2D eigenvalue weighted by molar-refractivity contribution is 6.42. The van der Waals surface area contributed by atoms with Crippen LogP contribution in [0.1, 0.15) is 15.9 Å². The predicted octanol–water partition coefficient (Wildman–Crippen LogP) is 3.30. The Bertz CT molecular complexity index is 877. The van der Waals surface area contributed by atoms with Crippen molar-refractivity contribution >= 4 is 29.2 Å². The Kier molecular flexibility index (Phi) is 4.63. The molecule has 2 aromatic carbocycles. The van der Waals surface area contributed by atoms with Gasteiger partial charge in [0.05, 0.1) is 11.3 Å². The smallest absolute Gasteiger partial charge is 0.355 e. The Morgan fingerprint density at radius 3 is 2.60 bits per heavy atom. The number of carbonyl (C=O) groups excluding carboxylic acids is 2. The second-order valence-corrected chi connectivity index (χ2v) is 5.71. The lowest BCUT2D eigenvalue weighted by atomic mass is 10.1. The molecule has 0 spiro atoms. The van der Waals surface area contributed by atoms with Crippen LogP contribution in [0.25, 0.3) is 0 Å². The maximum Gasteiger partial charge on any atom is 0.355 e. The van der Waals surface area contributed by atoms with Crippen LogP contribution in [-0.2, 0) is 14.3 Å². The molecule has 2 N–H and O–H groups in total. The lowest BCUT2D eigenvalue weighted by molar-refractivity contribution is -0.152. The van der Waals surface area contributed by atoms with Crippen LogP contribution < -0.4 is 5.32 Å². The first-order chi connectivity index (χ1) is 12.0. The fourth-order valence-corrected chi connectivity index (χ4v) is 2.49.